The van der Waals surface area contributed by atoms with Crippen LogP contribution in [0.3, 0.4) is 0 Å². The fourth-order valence-corrected chi connectivity index (χ4v) is 2.94. The highest BCUT2D eigenvalue weighted by Crippen LogP contribution is 2.20. The number of nitrogens with zero attached hydrogens (tertiary/aromatic N) is 4. The van der Waals surface area contributed by atoms with Crippen LogP contribution in [0, 0.1) is 0 Å². The third-order valence-electron chi connectivity index (χ3n) is 4.67. The number of hydrogen-bond donors (Lipinski definition) is 1. The molecular weight excluding hydrogens is 278 g/mol. The van der Waals surface area contributed by atoms with E-state index in [4.69, 9.17) is 0 Å². The number of aromatic nitrogens is 2. The predicted octanol–water partition coefficient (Wildman–Crippen LogP) is 1.82. The molecular formula is C16H29N5O. The fourth-order valence-electron chi connectivity index (χ4n) is 2.94. The second kappa shape index (κ2) is 7.74. The Balaban J connectivity index is 1.98. The van der Waals surface area contributed by atoms with Gasteiger partial charge in [-0.05, 0) is 26.8 Å². The summed E-state index contributed by atoms with van der Waals surface area (Å²) >= 11 is 0. The minimum Gasteiger partial charge on any atom is -0.310 e. The maximum Gasteiger partial charge on any atom is 0.242 e. The monoisotopic (exact) mass is 307 g/mol. The minimum atomic E-state index is -0.112. The number of rotatable bonds is 6. The number of amides is 1. The zero-order valence-corrected chi connectivity index (χ0v) is 14.2. The molecule has 1 unspecified atom stereocenters. The third kappa shape index (κ3) is 3.87. The molecule has 22 heavy (non-hydrogen) atoms. The van der Waals surface area contributed by atoms with Crippen molar-refractivity contribution in [3.63, 3.8) is 0 Å². The van der Waals surface area contributed by atoms with Crippen LogP contribution in [0.15, 0.2) is 12.3 Å². The summed E-state index contributed by atoms with van der Waals surface area (Å²) in [6, 6.07) is 2.11. The summed E-state index contributed by atoms with van der Waals surface area (Å²) in [5.74, 6) is 0.858. The molecule has 1 aliphatic rings. The van der Waals surface area contributed by atoms with Crippen molar-refractivity contribution in [2.24, 2.45) is 0 Å². The van der Waals surface area contributed by atoms with Crippen molar-refractivity contribution in [2.75, 3.05) is 38.5 Å². The Bertz CT molecular complexity index is 475. The van der Waals surface area contributed by atoms with Gasteiger partial charge >= 0.3 is 0 Å². The first kappa shape index (κ1) is 17.0. The van der Waals surface area contributed by atoms with Gasteiger partial charge in [-0.3, -0.25) is 9.69 Å². The molecule has 1 amide bonds. The van der Waals surface area contributed by atoms with E-state index in [1.807, 2.05) is 17.7 Å². The van der Waals surface area contributed by atoms with Gasteiger partial charge in [-0.25, -0.2) is 4.68 Å². The second-order valence-corrected chi connectivity index (χ2v) is 6.14. The lowest BCUT2D eigenvalue weighted by Crippen LogP contribution is -2.51. The van der Waals surface area contributed by atoms with E-state index in [2.05, 4.69) is 41.1 Å². The highest BCUT2D eigenvalue weighted by Gasteiger charge is 2.25. The van der Waals surface area contributed by atoms with Crippen molar-refractivity contribution in [1.82, 2.24) is 19.6 Å². The lowest BCUT2D eigenvalue weighted by molar-refractivity contribution is -0.121. The molecule has 2 rings (SSSR count). The smallest absolute Gasteiger partial charge is 0.242 e. The zero-order chi connectivity index (χ0) is 16.1. The van der Waals surface area contributed by atoms with Crippen LogP contribution in [0.4, 0.5) is 5.82 Å². The van der Waals surface area contributed by atoms with Crippen molar-refractivity contribution in [1.29, 1.82) is 0 Å². The Morgan fingerprint density at radius 3 is 2.50 bits per heavy atom. The van der Waals surface area contributed by atoms with E-state index >= 15 is 0 Å². The molecule has 1 aromatic rings. The van der Waals surface area contributed by atoms with Gasteiger partial charge in [0.05, 0.1) is 18.3 Å². The second-order valence-electron chi connectivity index (χ2n) is 6.14. The Labute approximate surface area is 133 Å². The summed E-state index contributed by atoms with van der Waals surface area (Å²) in [7, 11) is 2.12. The van der Waals surface area contributed by atoms with Crippen molar-refractivity contribution in [3.8, 4) is 0 Å². The molecule has 6 nitrogen and oxygen atoms in total. The average Bonchev–Trinajstić information content (AvgIpc) is 2.97. The van der Waals surface area contributed by atoms with Gasteiger partial charge < -0.3 is 10.2 Å². The molecule has 124 valence electrons. The number of nitrogens with one attached hydrogen (secondary N) is 1. The lowest BCUT2D eigenvalue weighted by atomic mass is 10.2. The average molecular weight is 307 g/mol. The fraction of sp³-hybridized carbons (Fsp3) is 0.750. The molecule has 0 radical (unpaired) electrons. The van der Waals surface area contributed by atoms with Gasteiger partial charge in [0.2, 0.25) is 5.91 Å². The maximum atomic E-state index is 12.5. The first-order valence-electron chi connectivity index (χ1n) is 8.33. The molecule has 6 heteroatoms. The van der Waals surface area contributed by atoms with Crippen molar-refractivity contribution in [3.05, 3.63) is 12.3 Å². The first-order chi connectivity index (χ1) is 10.6. The van der Waals surface area contributed by atoms with Gasteiger partial charge in [-0.15, -0.1) is 0 Å². The Morgan fingerprint density at radius 2 is 1.91 bits per heavy atom. The summed E-state index contributed by atoms with van der Waals surface area (Å²) in [5, 5.41) is 7.43. The molecule has 0 spiro atoms. The molecule has 0 saturated carbocycles. The number of hydrogen-bond acceptors (Lipinski definition) is 4. The molecule has 1 aliphatic heterocycles. The van der Waals surface area contributed by atoms with Crippen LogP contribution in [-0.4, -0.2) is 64.8 Å². The van der Waals surface area contributed by atoms with Crippen LogP contribution < -0.4 is 5.32 Å². The molecule has 2 heterocycles. The number of carbonyl (C=O) groups is 1. The van der Waals surface area contributed by atoms with Crippen molar-refractivity contribution in [2.45, 2.75) is 45.7 Å². The Morgan fingerprint density at radius 1 is 1.27 bits per heavy atom. The van der Waals surface area contributed by atoms with Crippen LogP contribution in [-0.2, 0) is 4.79 Å². The van der Waals surface area contributed by atoms with Crippen LogP contribution in [0.25, 0.3) is 0 Å². The summed E-state index contributed by atoms with van der Waals surface area (Å²) in [6.45, 7) is 10.2. The Hall–Kier alpha value is -1.40. The minimum absolute atomic E-state index is 0.0530. The third-order valence-corrected chi connectivity index (χ3v) is 4.67. The normalized spacial score (nSPS) is 18.6. The van der Waals surface area contributed by atoms with E-state index in [1.165, 1.54) is 0 Å². The molecule has 1 fully saturated rings. The van der Waals surface area contributed by atoms with E-state index in [9.17, 15) is 4.79 Å². The van der Waals surface area contributed by atoms with Gasteiger partial charge in [-0.2, -0.15) is 5.10 Å². The van der Waals surface area contributed by atoms with Gasteiger partial charge in [0.25, 0.3) is 0 Å². The van der Waals surface area contributed by atoms with E-state index in [0.29, 0.717) is 6.04 Å². The summed E-state index contributed by atoms with van der Waals surface area (Å²) in [6.07, 6.45) is 3.78. The number of likely N-dealkylation sites (N-methyl/N-ethyl adjacent to an activating group) is 1. The zero-order valence-electron chi connectivity index (χ0n) is 14.2. The van der Waals surface area contributed by atoms with Gasteiger partial charge in [0, 0.05) is 32.2 Å². The van der Waals surface area contributed by atoms with E-state index in [0.717, 1.165) is 44.8 Å². The number of anilines is 1. The highest BCUT2D eigenvalue weighted by atomic mass is 16.2. The van der Waals surface area contributed by atoms with Crippen molar-refractivity contribution < 1.29 is 4.79 Å². The van der Waals surface area contributed by atoms with E-state index < -0.39 is 0 Å². The van der Waals surface area contributed by atoms with Gasteiger partial charge in [-0.1, -0.05) is 13.8 Å². The summed E-state index contributed by atoms with van der Waals surface area (Å²) in [5.41, 5.74) is 0. The van der Waals surface area contributed by atoms with Crippen LogP contribution in [0.5, 0.6) is 0 Å². The van der Waals surface area contributed by atoms with E-state index in [-0.39, 0.29) is 11.9 Å². The Kier molecular flexibility index (Phi) is 5.97. The molecule has 0 bridgehead atoms. The first-order valence-corrected chi connectivity index (χ1v) is 8.33. The number of piperazine rings is 1. The molecule has 1 atom stereocenters. The molecule has 0 aromatic carbocycles. The molecule has 1 saturated heterocycles. The van der Waals surface area contributed by atoms with E-state index in [1.54, 1.807) is 6.20 Å². The van der Waals surface area contributed by atoms with Crippen LogP contribution in [0.1, 0.15) is 39.7 Å². The largest absolute Gasteiger partial charge is 0.310 e. The molecule has 1 N–H and O–H groups in total. The predicted molar refractivity (Wildman–Crippen MR) is 89.0 cm³/mol. The maximum absolute atomic E-state index is 12.5. The SMILES string of the molecule is CCC(CC)n1nccc1NC(=O)C(C)N1CCN(C)CC1. The lowest BCUT2D eigenvalue weighted by Gasteiger charge is -2.35. The standard InChI is InChI=1S/C16H29N5O/c1-5-14(6-2)21-15(7-8-17-21)18-16(22)13(3)20-11-9-19(4)10-12-20/h7-8,13-14H,5-6,9-12H2,1-4H3,(H,18,22). The van der Waals surface area contributed by atoms with Crippen molar-refractivity contribution >= 4 is 11.7 Å². The molecule has 0 aliphatic carbocycles. The van der Waals surface area contributed by atoms with Gasteiger partial charge in [0.1, 0.15) is 5.82 Å². The van der Waals surface area contributed by atoms with Gasteiger partial charge in [0.15, 0.2) is 0 Å². The van der Waals surface area contributed by atoms with Crippen LogP contribution in [0.2, 0.25) is 0 Å². The quantitative estimate of drug-likeness (QED) is 0.871. The summed E-state index contributed by atoms with van der Waals surface area (Å²) < 4.78 is 1.94. The summed E-state index contributed by atoms with van der Waals surface area (Å²) in [4.78, 5) is 17.1. The topological polar surface area (TPSA) is 53.4 Å². The number of carbonyl (C=O) groups excluding carboxylic acids is 1. The van der Waals surface area contributed by atoms with Crippen LogP contribution >= 0.6 is 0 Å². The highest BCUT2D eigenvalue weighted by molar-refractivity contribution is 5.93. The molecule has 1 aromatic heterocycles.